The van der Waals surface area contributed by atoms with Gasteiger partial charge in [0, 0.05) is 29.6 Å². The zero-order chi connectivity index (χ0) is 32.8. The second-order valence-electron chi connectivity index (χ2n) is 11.3. The molecule has 1 amide bonds. The van der Waals surface area contributed by atoms with Crippen molar-refractivity contribution in [1.82, 2.24) is 20.2 Å². The number of amides is 1. The summed E-state index contributed by atoms with van der Waals surface area (Å²) < 4.78 is 17.5. The van der Waals surface area contributed by atoms with Crippen molar-refractivity contribution in [2.45, 2.75) is 71.6 Å². The Bertz CT molecular complexity index is 1460. The van der Waals surface area contributed by atoms with Gasteiger partial charge in [0.25, 0.3) is 5.56 Å². The summed E-state index contributed by atoms with van der Waals surface area (Å²) in [6, 6.07) is 14.9. The SMILES string of the molecule is CCOC(=O)Cn1c(Cl)cnc([C@H](CNCCCCCOc2ccc(Cl)cc2CNC(=O)OC(C)(C)C)c2ccccc2)c1=O. The minimum absolute atomic E-state index is 0.0730. The monoisotopic (exact) mass is 660 g/mol. The van der Waals surface area contributed by atoms with E-state index in [0.717, 1.165) is 36.9 Å². The molecular formula is C33H42Cl2N4O6. The molecular weight excluding hydrogens is 619 g/mol. The molecule has 1 atom stereocenters. The first kappa shape index (κ1) is 35.9. The smallest absolute Gasteiger partial charge is 0.407 e. The molecule has 1 aromatic heterocycles. The van der Waals surface area contributed by atoms with E-state index in [9.17, 15) is 14.4 Å². The van der Waals surface area contributed by atoms with Gasteiger partial charge in [-0.1, -0.05) is 53.5 Å². The zero-order valence-corrected chi connectivity index (χ0v) is 27.7. The predicted octanol–water partition coefficient (Wildman–Crippen LogP) is 6.11. The molecule has 244 valence electrons. The van der Waals surface area contributed by atoms with E-state index in [4.69, 9.17) is 37.4 Å². The van der Waals surface area contributed by atoms with Crippen molar-refractivity contribution in [2.75, 3.05) is 26.3 Å². The highest BCUT2D eigenvalue weighted by Gasteiger charge is 2.22. The number of nitrogens with one attached hydrogen (secondary N) is 2. The van der Waals surface area contributed by atoms with Gasteiger partial charge in [-0.25, -0.2) is 4.79 Å². The van der Waals surface area contributed by atoms with Crippen LogP contribution in [-0.4, -0.2) is 53.5 Å². The third-order valence-electron chi connectivity index (χ3n) is 6.61. The Morgan fingerprint density at radius 1 is 1.04 bits per heavy atom. The highest BCUT2D eigenvalue weighted by Crippen LogP contribution is 2.24. The Morgan fingerprint density at radius 3 is 2.51 bits per heavy atom. The number of nitrogens with zero attached hydrogens (tertiary/aromatic N) is 2. The number of benzene rings is 2. The number of carbonyl (C=O) groups is 2. The van der Waals surface area contributed by atoms with E-state index in [0.29, 0.717) is 29.6 Å². The third kappa shape index (κ3) is 12.0. The summed E-state index contributed by atoms with van der Waals surface area (Å²) in [5, 5.41) is 6.82. The fourth-order valence-corrected chi connectivity index (χ4v) is 4.91. The lowest BCUT2D eigenvalue weighted by Crippen LogP contribution is -2.34. The number of carbonyl (C=O) groups excluding carboxylic acids is 2. The minimum atomic E-state index is -0.589. The van der Waals surface area contributed by atoms with Gasteiger partial charge >= 0.3 is 12.1 Å². The largest absolute Gasteiger partial charge is 0.493 e. The van der Waals surface area contributed by atoms with Gasteiger partial charge in [0.1, 0.15) is 28.7 Å². The summed E-state index contributed by atoms with van der Waals surface area (Å²) in [4.78, 5) is 41.9. The van der Waals surface area contributed by atoms with Gasteiger partial charge in [0.2, 0.25) is 0 Å². The van der Waals surface area contributed by atoms with Gasteiger partial charge in [-0.05, 0) is 77.3 Å². The zero-order valence-electron chi connectivity index (χ0n) is 26.2. The van der Waals surface area contributed by atoms with E-state index in [1.54, 1.807) is 45.9 Å². The van der Waals surface area contributed by atoms with Gasteiger partial charge in [0.15, 0.2) is 0 Å². The molecule has 3 rings (SSSR count). The molecule has 0 unspecified atom stereocenters. The number of unbranched alkanes of at least 4 members (excludes halogenated alkanes) is 2. The maximum Gasteiger partial charge on any atom is 0.407 e. The molecule has 0 fully saturated rings. The van der Waals surface area contributed by atoms with Gasteiger partial charge in [-0.2, -0.15) is 0 Å². The first-order chi connectivity index (χ1) is 21.5. The topological polar surface area (TPSA) is 121 Å². The molecule has 2 aromatic carbocycles. The van der Waals surface area contributed by atoms with Gasteiger partial charge < -0.3 is 24.8 Å². The van der Waals surface area contributed by atoms with Crippen LogP contribution in [0, 0.1) is 0 Å². The highest BCUT2D eigenvalue weighted by atomic mass is 35.5. The number of rotatable bonds is 16. The Balaban J connectivity index is 1.51. The Hall–Kier alpha value is -3.60. The van der Waals surface area contributed by atoms with Crippen LogP contribution in [-0.2, 0) is 27.4 Å². The van der Waals surface area contributed by atoms with Crippen LogP contribution in [0.1, 0.15) is 69.7 Å². The number of halogens is 2. The van der Waals surface area contributed by atoms with Gasteiger partial charge in [0.05, 0.1) is 19.4 Å². The minimum Gasteiger partial charge on any atom is -0.493 e. The fraction of sp³-hybridized carbons (Fsp3) is 0.455. The van der Waals surface area contributed by atoms with Crippen molar-refractivity contribution >= 4 is 35.3 Å². The molecule has 10 nitrogen and oxygen atoms in total. The summed E-state index contributed by atoms with van der Waals surface area (Å²) in [5.74, 6) is -0.226. The summed E-state index contributed by atoms with van der Waals surface area (Å²) in [6.07, 6.45) is 3.51. The fourth-order valence-electron chi connectivity index (χ4n) is 4.53. The van der Waals surface area contributed by atoms with Gasteiger partial charge in [-0.15, -0.1) is 0 Å². The molecule has 0 radical (unpaired) electrons. The molecule has 45 heavy (non-hydrogen) atoms. The van der Waals surface area contributed by atoms with Gasteiger partial charge in [-0.3, -0.25) is 19.1 Å². The van der Waals surface area contributed by atoms with Crippen LogP contribution in [0.25, 0.3) is 0 Å². The predicted molar refractivity (Wildman–Crippen MR) is 175 cm³/mol. The number of esters is 1. The van der Waals surface area contributed by atoms with Crippen LogP contribution in [0.5, 0.6) is 5.75 Å². The van der Waals surface area contributed by atoms with E-state index in [1.807, 2.05) is 30.3 Å². The van der Waals surface area contributed by atoms with Crippen LogP contribution in [0.2, 0.25) is 10.2 Å². The summed E-state index contributed by atoms with van der Waals surface area (Å²) in [6.45, 7) is 8.98. The van der Waals surface area contributed by atoms with Crippen LogP contribution < -0.4 is 20.9 Å². The third-order valence-corrected chi connectivity index (χ3v) is 7.14. The number of hydrogen-bond donors (Lipinski definition) is 2. The van der Waals surface area contributed by atoms with E-state index < -0.39 is 23.2 Å². The Morgan fingerprint density at radius 2 is 1.80 bits per heavy atom. The van der Waals surface area contributed by atoms with Crippen molar-refractivity contribution in [3.05, 3.63) is 92.1 Å². The van der Waals surface area contributed by atoms with Crippen molar-refractivity contribution in [3.63, 3.8) is 0 Å². The number of ether oxygens (including phenoxy) is 3. The molecule has 0 bridgehead atoms. The van der Waals surface area contributed by atoms with Crippen LogP contribution in [0.3, 0.4) is 0 Å². The lowest BCUT2D eigenvalue weighted by atomic mass is 9.95. The maximum atomic E-state index is 13.4. The molecule has 3 aromatic rings. The van der Waals surface area contributed by atoms with Crippen molar-refractivity contribution in [1.29, 1.82) is 0 Å². The second-order valence-corrected chi connectivity index (χ2v) is 12.2. The average Bonchev–Trinajstić information content (AvgIpc) is 2.98. The molecule has 0 spiro atoms. The molecule has 2 N–H and O–H groups in total. The van der Waals surface area contributed by atoms with Crippen LogP contribution in [0.4, 0.5) is 4.79 Å². The van der Waals surface area contributed by atoms with E-state index >= 15 is 0 Å². The summed E-state index contributed by atoms with van der Waals surface area (Å²) >= 11 is 12.4. The van der Waals surface area contributed by atoms with Crippen molar-refractivity contribution in [3.8, 4) is 5.75 Å². The lowest BCUT2D eigenvalue weighted by molar-refractivity contribution is -0.143. The maximum absolute atomic E-state index is 13.4. The molecule has 0 aliphatic carbocycles. The van der Waals surface area contributed by atoms with E-state index in [1.165, 1.54) is 10.8 Å². The standard InChI is InChI=1S/C33H42Cl2N4O6/c1-5-43-29(40)22-39-28(35)21-37-30(31(39)41)26(23-12-8-6-9-13-23)20-36-16-10-7-11-17-44-27-15-14-25(34)18-24(27)19-38-32(42)45-33(2,3)4/h6,8-9,12-15,18,21,26,36H,5,7,10-11,16-17,19-20,22H2,1-4H3,(H,38,42)/t26-/m1/s1. The highest BCUT2D eigenvalue weighted by molar-refractivity contribution is 6.30. The molecule has 0 aliphatic rings. The normalized spacial score (nSPS) is 12.0. The quantitative estimate of drug-likeness (QED) is 0.139. The first-order valence-electron chi connectivity index (χ1n) is 15.0. The number of alkyl carbamates (subject to hydrolysis) is 1. The molecule has 0 saturated carbocycles. The van der Waals surface area contributed by atoms with Crippen molar-refractivity contribution < 1.29 is 23.8 Å². The number of hydrogen-bond acceptors (Lipinski definition) is 8. The van der Waals surface area contributed by atoms with Crippen molar-refractivity contribution in [2.24, 2.45) is 0 Å². The molecule has 0 aliphatic heterocycles. The average molecular weight is 662 g/mol. The number of aromatic nitrogens is 2. The molecule has 0 saturated heterocycles. The lowest BCUT2D eigenvalue weighted by Gasteiger charge is -2.20. The summed E-state index contributed by atoms with van der Waals surface area (Å²) in [7, 11) is 0. The first-order valence-corrected chi connectivity index (χ1v) is 15.8. The van der Waals surface area contributed by atoms with E-state index in [-0.39, 0.29) is 30.8 Å². The Labute approximate surface area is 274 Å². The van der Waals surface area contributed by atoms with Crippen LogP contribution in [0.15, 0.2) is 59.5 Å². The van der Waals surface area contributed by atoms with E-state index in [2.05, 4.69) is 15.6 Å². The van der Waals surface area contributed by atoms with Crippen LogP contribution >= 0.6 is 23.2 Å². The molecule has 12 heteroatoms. The summed E-state index contributed by atoms with van der Waals surface area (Å²) in [5.41, 5.74) is 0.975. The second kappa shape index (κ2) is 17.8. The molecule has 1 heterocycles. The Kier molecular flexibility index (Phi) is 14.2.